The van der Waals surface area contributed by atoms with Gasteiger partial charge < -0.3 is 4.57 Å². The smallest absolute Gasteiger partial charge is 0.332 e. The second-order valence-electron chi connectivity index (χ2n) is 4.17. The van der Waals surface area contributed by atoms with Crippen LogP contribution in [0.25, 0.3) is 11.0 Å². The summed E-state index contributed by atoms with van der Waals surface area (Å²) in [4.78, 5) is 23.8. The zero-order valence-electron chi connectivity index (χ0n) is 10.2. The summed E-state index contributed by atoms with van der Waals surface area (Å²) in [7, 11) is 5.05. The minimum absolute atomic E-state index is 0.223. The van der Waals surface area contributed by atoms with Gasteiger partial charge in [-0.15, -0.1) is 0 Å². The monoisotopic (exact) mass is 221 g/mol. The van der Waals surface area contributed by atoms with Gasteiger partial charge in [-0.2, -0.15) is 0 Å². The minimum atomic E-state index is -0.293. The van der Waals surface area contributed by atoms with Crippen molar-refractivity contribution in [3.8, 4) is 0 Å². The van der Waals surface area contributed by atoms with E-state index in [1.165, 1.54) is 11.6 Å². The van der Waals surface area contributed by atoms with Crippen molar-refractivity contribution >= 4 is 11.0 Å². The molecule has 5 nitrogen and oxygen atoms in total. The lowest BCUT2D eigenvalue weighted by molar-refractivity contribution is 0.696. The summed E-state index contributed by atoms with van der Waals surface area (Å²) in [5.74, 6) is 0. The quantitative estimate of drug-likeness (QED) is 0.637. The molecule has 0 unspecified atom stereocenters. The molecular weight excluding hydrogens is 206 g/mol. The maximum atomic E-state index is 12.0. The van der Waals surface area contributed by atoms with Crippen LogP contribution in [0.3, 0.4) is 0 Å². The molecule has 2 aromatic heterocycles. The normalized spacial score (nSPS) is 11.3. The summed E-state index contributed by atoms with van der Waals surface area (Å²) in [6.45, 7) is 3.85. The third-order valence-electron chi connectivity index (χ3n) is 3.37. The van der Waals surface area contributed by atoms with Crippen LogP contribution in [0.1, 0.15) is 11.3 Å². The summed E-state index contributed by atoms with van der Waals surface area (Å²) in [6, 6.07) is 0. The zero-order valence-corrected chi connectivity index (χ0v) is 10.2. The Morgan fingerprint density at radius 2 is 1.44 bits per heavy atom. The summed E-state index contributed by atoms with van der Waals surface area (Å²) < 4.78 is 4.54. The van der Waals surface area contributed by atoms with Crippen LogP contribution >= 0.6 is 0 Å². The van der Waals surface area contributed by atoms with Gasteiger partial charge in [0.2, 0.25) is 0 Å². The van der Waals surface area contributed by atoms with E-state index in [1.807, 2.05) is 25.5 Å². The number of aryl methyl sites for hydroxylation is 3. The van der Waals surface area contributed by atoms with Crippen molar-refractivity contribution < 1.29 is 0 Å². The van der Waals surface area contributed by atoms with Gasteiger partial charge in [0.25, 0.3) is 5.56 Å². The van der Waals surface area contributed by atoms with Crippen molar-refractivity contribution in [1.82, 2.24) is 13.7 Å². The summed E-state index contributed by atoms with van der Waals surface area (Å²) >= 11 is 0. The van der Waals surface area contributed by atoms with Crippen LogP contribution in [0.5, 0.6) is 0 Å². The van der Waals surface area contributed by atoms with Crippen LogP contribution in [-0.4, -0.2) is 13.7 Å². The first kappa shape index (κ1) is 10.7. The van der Waals surface area contributed by atoms with Crippen LogP contribution in [0.2, 0.25) is 0 Å². The third-order valence-corrected chi connectivity index (χ3v) is 3.37. The first-order valence-corrected chi connectivity index (χ1v) is 5.09. The fourth-order valence-electron chi connectivity index (χ4n) is 2.15. The number of hydrogen-bond donors (Lipinski definition) is 0. The topological polar surface area (TPSA) is 48.9 Å². The van der Waals surface area contributed by atoms with E-state index in [4.69, 9.17) is 0 Å². The maximum Gasteiger partial charge on any atom is 0.332 e. The van der Waals surface area contributed by atoms with Gasteiger partial charge in [0.15, 0.2) is 0 Å². The molecule has 0 aliphatic carbocycles. The van der Waals surface area contributed by atoms with E-state index in [9.17, 15) is 9.59 Å². The van der Waals surface area contributed by atoms with Gasteiger partial charge in [-0.25, -0.2) is 4.79 Å². The Morgan fingerprint density at radius 1 is 0.875 bits per heavy atom. The highest BCUT2D eigenvalue weighted by molar-refractivity contribution is 5.81. The van der Waals surface area contributed by atoms with E-state index in [0.29, 0.717) is 11.0 Å². The maximum absolute atomic E-state index is 12.0. The molecule has 0 radical (unpaired) electrons. The van der Waals surface area contributed by atoms with E-state index in [2.05, 4.69) is 0 Å². The zero-order chi connectivity index (χ0) is 12.2. The van der Waals surface area contributed by atoms with Crippen molar-refractivity contribution in [2.45, 2.75) is 13.8 Å². The number of nitrogens with zero attached hydrogens (tertiary/aromatic N) is 3. The van der Waals surface area contributed by atoms with Gasteiger partial charge in [0.05, 0.1) is 5.39 Å². The Balaban J connectivity index is 3.29. The lowest BCUT2D eigenvalue weighted by Crippen LogP contribution is -2.37. The summed E-state index contributed by atoms with van der Waals surface area (Å²) in [6.07, 6.45) is 0. The molecule has 86 valence electrons. The molecule has 0 aliphatic rings. The highest BCUT2D eigenvalue weighted by Gasteiger charge is 2.16. The molecule has 2 aromatic rings. The van der Waals surface area contributed by atoms with Crippen LogP contribution in [0.15, 0.2) is 9.59 Å². The van der Waals surface area contributed by atoms with Gasteiger partial charge in [0.1, 0.15) is 5.65 Å². The first-order valence-electron chi connectivity index (χ1n) is 5.09. The highest BCUT2D eigenvalue weighted by atomic mass is 16.2. The number of fused-ring (bicyclic) bond motifs is 1. The van der Waals surface area contributed by atoms with Crippen LogP contribution in [-0.2, 0) is 21.1 Å². The lowest BCUT2D eigenvalue weighted by atomic mass is 10.2. The van der Waals surface area contributed by atoms with Gasteiger partial charge in [0, 0.05) is 26.8 Å². The van der Waals surface area contributed by atoms with Crippen LogP contribution in [0.4, 0.5) is 0 Å². The van der Waals surface area contributed by atoms with Crippen LogP contribution in [0, 0.1) is 13.8 Å². The Hall–Kier alpha value is -1.78. The summed E-state index contributed by atoms with van der Waals surface area (Å²) in [5, 5.41) is 0.629. The van der Waals surface area contributed by atoms with Crippen molar-refractivity contribution in [3.63, 3.8) is 0 Å². The largest absolute Gasteiger partial charge is 0.334 e. The van der Waals surface area contributed by atoms with E-state index < -0.39 is 0 Å². The molecule has 0 fully saturated rings. The highest BCUT2D eigenvalue weighted by Crippen LogP contribution is 2.18. The van der Waals surface area contributed by atoms with Crippen molar-refractivity contribution in [1.29, 1.82) is 0 Å². The van der Waals surface area contributed by atoms with Crippen molar-refractivity contribution in [3.05, 3.63) is 32.1 Å². The standard InChI is InChI=1S/C11H15N3O2/c1-6-7(2)12(3)9-8(6)10(15)14(5)11(16)13(9)4/h1-5H3. The molecule has 5 heteroatoms. The molecule has 0 saturated carbocycles. The lowest BCUT2D eigenvalue weighted by Gasteiger charge is -2.06. The SMILES string of the molecule is Cc1c(C)n(C)c2c1c(=O)n(C)c(=O)n2C. The summed E-state index contributed by atoms with van der Waals surface area (Å²) in [5.41, 5.74) is 2.11. The third kappa shape index (κ3) is 1.05. The van der Waals surface area contributed by atoms with Crippen molar-refractivity contribution in [2.24, 2.45) is 21.1 Å². The average Bonchev–Trinajstić information content (AvgIpc) is 2.48. The number of aromatic nitrogens is 3. The fraction of sp³-hybridized carbons (Fsp3) is 0.455. The molecule has 16 heavy (non-hydrogen) atoms. The van der Waals surface area contributed by atoms with Gasteiger partial charge >= 0.3 is 5.69 Å². The first-order chi connectivity index (χ1) is 7.37. The molecule has 0 bridgehead atoms. The predicted molar refractivity (Wildman–Crippen MR) is 62.9 cm³/mol. The van der Waals surface area contributed by atoms with Crippen LogP contribution < -0.4 is 11.2 Å². The fourth-order valence-corrected chi connectivity index (χ4v) is 2.15. The molecule has 0 aliphatic heterocycles. The molecule has 0 aromatic carbocycles. The Morgan fingerprint density at radius 3 is 2.00 bits per heavy atom. The molecule has 0 N–H and O–H groups in total. The van der Waals surface area contributed by atoms with Gasteiger partial charge in [-0.05, 0) is 19.4 Å². The Kier molecular flexibility index (Phi) is 2.08. The predicted octanol–water partition coefficient (Wildman–Crippen LogP) is 0.193. The molecule has 0 atom stereocenters. The molecule has 2 heterocycles. The average molecular weight is 221 g/mol. The molecule has 0 saturated heterocycles. The second-order valence-corrected chi connectivity index (χ2v) is 4.17. The minimum Gasteiger partial charge on any atom is -0.334 e. The molecule has 0 spiro atoms. The van der Waals surface area contributed by atoms with Gasteiger partial charge in [-0.3, -0.25) is 13.9 Å². The molecular formula is C11H15N3O2. The van der Waals surface area contributed by atoms with E-state index >= 15 is 0 Å². The molecule has 0 amide bonds. The van der Waals surface area contributed by atoms with E-state index in [0.717, 1.165) is 15.8 Å². The Labute approximate surface area is 92.5 Å². The van der Waals surface area contributed by atoms with E-state index in [1.54, 1.807) is 7.05 Å². The Bertz CT molecular complexity index is 701. The van der Waals surface area contributed by atoms with Gasteiger partial charge in [-0.1, -0.05) is 0 Å². The van der Waals surface area contributed by atoms with E-state index in [-0.39, 0.29) is 11.2 Å². The second kappa shape index (κ2) is 3.10. The number of rotatable bonds is 0. The molecule has 2 rings (SSSR count). The van der Waals surface area contributed by atoms with Crippen molar-refractivity contribution in [2.75, 3.05) is 0 Å². The number of hydrogen-bond acceptors (Lipinski definition) is 2.